The summed E-state index contributed by atoms with van der Waals surface area (Å²) in [4.78, 5) is 10.4. The lowest BCUT2D eigenvalue weighted by atomic mass is 10.1. The zero-order valence-electron chi connectivity index (χ0n) is 6.97. The number of benzene rings is 1. The number of aromatic hydroxyl groups is 1. The fourth-order valence-electron chi connectivity index (χ4n) is 1.01. The first-order valence-electron chi connectivity index (χ1n) is 3.57. The van der Waals surface area contributed by atoms with E-state index in [9.17, 15) is 22.4 Å². The molecule has 0 aliphatic carbocycles. The molecule has 0 saturated carbocycles. The summed E-state index contributed by atoms with van der Waals surface area (Å²) in [5.41, 5.74) is -2.97. The summed E-state index contributed by atoms with van der Waals surface area (Å²) in [6.45, 7) is 0. The predicted molar refractivity (Wildman–Crippen MR) is 40.0 cm³/mol. The zero-order chi connectivity index (χ0) is 11.8. The van der Waals surface area contributed by atoms with Gasteiger partial charge in [0.05, 0.1) is 0 Å². The van der Waals surface area contributed by atoms with Crippen LogP contribution in [0, 0.1) is 5.82 Å². The van der Waals surface area contributed by atoms with Crippen LogP contribution >= 0.6 is 0 Å². The van der Waals surface area contributed by atoms with E-state index in [0.29, 0.717) is 12.1 Å². The summed E-state index contributed by atoms with van der Waals surface area (Å²) in [6, 6.07) is 0.897. The second-order valence-corrected chi connectivity index (χ2v) is 2.62. The van der Waals surface area contributed by atoms with Crippen molar-refractivity contribution < 1.29 is 32.6 Å². The number of carboxylic acid groups (broad SMARTS) is 1. The maximum atomic E-state index is 12.7. The molecular weight excluding hydrogens is 220 g/mol. The van der Waals surface area contributed by atoms with Gasteiger partial charge in [-0.15, -0.1) is 0 Å². The molecule has 0 heterocycles. The monoisotopic (exact) mass is 224 g/mol. The normalized spacial score (nSPS) is 11.5. The molecule has 0 unspecified atom stereocenters. The number of alkyl halides is 3. The van der Waals surface area contributed by atoms with E-state index < -0.39 is 34.8 Å². The highest BCUT2D eigenvalue weighted by molar-refractivity contribution is 5.91. The number of carbonyl (C=O) groups is 1. The molecule has 7 heteroatoms. The number of hydrogen-bond donors (Lipinski definition) is 2. The molecule has 0 aromatic heterocycles. The third-order valence-corrected chi connectivity index (χ3v) is 1.64. The minimum atomic E-state index is -5.14. The molecule has 1 aromatic rings. The van der Waals surface area contributed by atoms with Gasteiger partial charge in [-0.2, -0.15) is 13.2 Å². The van der Waals surface area contributed by atoms with Gasteiger partial charge in [0.25, 0.3) is 0 Å². The molecule has 0 atom stereocenters. The number of rotatable bonds is 1. The quantitative estimate of drug-likeness (QED) is 0.719. The molecule has 15 heavy (non-hydrogen) atoms. The molecule has 0 aliphatic heterocycles. The Kier molecular flexibility index (Phi) is 2.57. The average Bonchev–Trinajstić information content (AvgIpc) is 2.00. The average molecular weight is 224 g/mol. The summed E-state index contributed by atoms with van der Waals surface area (Å²) in [7, 11) is 0. The minimum absolute atomic E-state index is 0.339. The second-order valence-electron chi connectivity index (χ2n) is 2.62. The maximum Gasteiger partial charge on any atom is 0.422 e. The number of hydrogen-bond acceptors (Lipinski definition) is 2. The maximum absolute atomic E-state index is 12.7. The van der Waals surface area contributed by atoms with E-state index in [1.807, 2.05) is 0 Å². The van der Waals surface area contributed by atoms with Gasteiger partial charge < -0.3 is 10.2 Å². The van der Waals surface area contributed by atoms with Crippen LogP contribution in [0.15, 0.2) is 12.1 Å². The standard InChI is InChI=1S/C8H4F4O3/c9-4-2-1-3(7(14)15)6(13)5(4)8(10,11)12/h1-2,13H,(H,14,15). The number of halogens is 4. The number of aromatic carboxylic acids is 1. The molecule has 0 saturated heterocycles. The lowest BCUT2D eigenvalue weighted by Gasteiger charge is -2.11. The van der Waals surface area contributed by atoms with Crippen molar-refractivity contribution in [2.75, 3.05) is 0 Å². The van der Waals surface area contributed by atoms with Crippen molar-refractivity contribution in [3.63, 3.8) is 0 Å². The molecule has 1 rings (SSSR count). The van der Waals surface area contributed by atoms with Crippen LogP contribution < -0.4 is 0 Å². The number of carboxylic acids is 1. The molecule has 0 aliphatic rings. The molecule has 0 spiro atoms. The van der Waals surface area contributed by atoms with Gasteiger partial charge in [-0.3, -0.25) is 0 Å². The first-order valence-corrected chi connectivity index (χ1v) is 3.57. The van der Waals surface area contributed by atoms with Crippen LogP contribution in [-0.2, 0) is 6.18 Å². The Morgan fingerprint density at radius 1 is 1.27 bits per heavy atom. The summed E-state index contributed by atoms with van der Waals surface area (Å²) in [6.07, 6.45) is -5.14. The SMILES string of the molecule is O=C(O)c1ccc(F)c(C(F)(F)F)c1O. The smallest absolute Gasteiger partial charge is 0.422 e. The molecule has 3 nitrogen and oxygen atoms in total. The topological polar surface area (TPSA) is 57.5 Å². The summed E-state index contributed by atoms with van der Waals surface area (Å²) >= 11 is 0. The predicted octanol–water partition coefficient (Wildman–Crippen LogP) is 2.25. The zero-order valence-corrected chi connectivity index (χ0v) is 6.97. The molecule has 0 amide bonds. The van der Waals surface area contributed by atoms with E-state index in [1.54, 1.807) is 0 Å². The molecule has 1 aromatic carbocycles. The highest BCUT2D eigenvalue weighted by Crippen LogP contribution is 2.39. The van der Waals surface area contributed by atoms with Crippen molar-refractivity contribution >= 4 is 5.97 Å². The van der Waals surface area contributed by atoms with E-state index in [0.717, 1.165) is 0 Å². The van der Waals surface area contributed by atoms with Crippen molar-refractivity contribution in [2.24, 2.45) is 0 Å². The van der Waals surface area contributed by atoms with E-state index in [2.05, 4.69) is 0 Å². The fourth-order valence-corrected chi connectivity index (χ4v) is 1.01. The minimum Gasteiger partial charge on any atom is -0.506 e. The van der Waals surface area contributed by atoms with Crippen molar-refractivity contribution in [1.82, 2.24) is 0 Å². The van der Waals surface area contributed by atoms with Crippen LogP contribution in [0.25, 0.3) is 0 Å². The Hall–Kier alpha value is -1.79. The Labute approximate surface area is 80.6 Å². The Bertz CT molecular complexity index is 411. The molecule has 0 bridgehead atoms. The van der Waals surface area contributed by atoms with Gasteiger partial charge in [0.1, 0.15) is 22.7 Å². The second kappa shape index (κ2) is 3.41. The molecule has 0 fully saturated rings. The lowest BCUT2D eigenvalue weighted by Crippen LogP contribution is -2.11. The fraction of sp³-hybridized carbons (Fsp3) is 0.125. The molecule has 0 radical (unpaired) electrons. The van der Waals surface area contributed by atoms with Gasteiger partial charge in [0.15, 0.2) is 0 Å². The Morgan fingerprint density at radius 3 is 2.20 bits per heavy atom. The Morgan fingerprint density at radius 2 is 1.80 bits per heavy atom. The highest BCUT2D eigenvalue weighted by Gasteiger charge is 2.39. The van der Waals surface area contributed by atoms with Gasteiger partial charge in [0.2, 0.25) is 0 Å². The van der Waals surface area contributed by atoms with Gasteiger partial charge in [0, 0.05) is 0 Å². The van der Waals surface area contributed by atoms with E-state index in [1.165, 1.54) is 0 Å². The molecule has 2 N–H and O–H groups in total. The third kappa shape index (κ3) is 2.00. The largest absolute Gasteiger partial charge is 0.506 e. The van der Waals surface area contributed by atoms with Crippen LogP contribution in [0.4, 0.5) is 17.6 Å². The lowest BCUT2D eigenvalue weighted by molar-refractivity contribution is -0.141. The van der Waals surface area contributed by atoms with Crippen molar-refractivity contribution in [3.05, 3.63) is 29.1 Å². The van der Waals surface area contributed by atoms with Gasteiger partial charge in [-0.1, -0.05) is 0 Å². The summed E-state index contributed by atoms with van der Waals surface area (Å²) in [5.74, 6) is -5.10. The van der Waals surface area contributed by atoms with Crippen molar-refractivity contribution in [2.45, 2.75) is 6.18 Å². The third-order valence-electron chi connectivity index (χ3n) is 1.64. The van der Waals surface area contributed by atoms with Crippen molar-refractivity contribution in [3.8, 4) is 5.75 Å². The van der Waals surface area contributed by atoms with Gasteiger partial charge in [-0.05, 0) is 12.1 Å². The summed E-state index contributed by atoms with van der Waals surface area (Å²) in [5, 5.41) is 17.3. The van der Waals surface area contributed by atoms with Crippen LogP contribution in [0.5, 0.6) is 5.75 Å². The van der Waals surface area contributed by atoms with Crippen molar-refractivity contribution in [1.29, 1.82) is 0 Å². The Balaban J connectivity index is 3.51. The molecule has 82 valence electrons. The van der Waals surface area contributed by atoms with Gasteiger partial charge >= 0.3 is 12.1 Å². The van der Waals surface area contributed by atoms with Crippen LogP contribution in [0.3, 0.4) is 0 Å². The van der Waals surface area contributed by atoms with Gasteiger partial charge in [-0.25, -0.2) is 9.18 Å². The number of phenols is 1. The van der Waals surface area contributed by atoms with Crippen LogP contribution in [0.1, 0.15) is 15.9 Å². The first kappa shape index (κ1) is 11.3. The summed E-state index contributed by atoms with van der Waals surface area (Å²) < 4.78 is 49.2. The molecular formula is C8H4F4O3. The van der Waals surface area contributed by atoms with Crippen LogP contribution in [0.2, 0.25) is 0 Å². The highest BCUT2D eigenvalue weighted by atomic mass is 19.4. The van der Waals surface area contributed by atoms with E-state index in [-0.39, 0.29) is 0 Å². The first-order chi connectivity index (χ1) is 6.75. The van der Waals surface area contributed by atoms with Crippen LogP contribution in [-0.4, -0.2) is 16.2 Å². The van der Waals surface area contributed by atoms with E-state index >= 15 is 0 Å². The van der Waals surface area contributed by atoms with E-state index in [4.69, 9.17) is 10.2 Å².